The minimum Gasteiger partial charge on any atom is -0.506 e. The van der Waals surface area contributed by atoms with E-state index in [1.807, 2.05) is 13.0 Å². The first-order valence-corrected chi connectivity index (χ1v) is 30.6. The number of nitrogens with one attached hydrogen (secondary N) is 3. The molecule has 0 aliphatic carbocycles. The van der Waals surface area contributed by atoms with Crippen LogP contribution in [0.15, 0.2) is 126 Å². The number of nitrogens with zero attached hydrogens (tertiary/aromatic N) is 3. The maximum Gasteiger partial charge on any atom is 0.350 e. The zero-order valence-electron chi connectivity index (χ0n) is 47.3. The average molecular weight is 1150 g/mol. The minimum absolute atomic E-state index is 0.0479. The second kappa shape index (κ2) is 26.2. The number of hydrazine groups is 1. The summed E-state index contributed by atoms with van der Waals surface area (Å²) in [5.74, 6) is -1.78. The number of urea groups is 1. The molecule has 1 fully saturated rings. The lowest BCUT2D eigenvalue weighted by molar-refractivity contribution is -0.157. The molecule has 20 heteroatoms. The highest BCUT2D eigenvalue weighted by Gasteiger charge is 2.53. The summed E-state index contributed by atoms with van der Waals surface area (Å²) in [6, 6.07) is 30.4. The first kappa shape index (κ1) is 60.8. The van der Waals surface area contributed by atoms with Gasteiger partial charge in [-0.15, -0.1) is 0 Å². The van der Waals surface area contributed by atoms with Gasteiger partial charge in [0.05, 0.1) is 58.0 Å². The minimum atomic E-state index is -4.38. The summed E-state index contributed by atoms with van der Waals surface area (Å²) in [5.41, 5.74) is -0.721. The van der Waals surface area contributed by atoms with Gasteiger partial charge in [-0.3, -0.25) is 33.7 Å². The fourth-order valence-corrected chi connectivity index (χ4v) is 10.8. The molecule has 432 valence electrons. The molecule has 1 atom stereocenters. The lowest BCUT2D eigenvalue weighted by Gasteiger charge is -2.32. The van der Waals surface area contributed by atoms with Crippen LogP contribution in [0.5, 0.6) is 23.0 Å². The third-order valence-electron chi connectivity index (χ3n) is 13.7. The lowest BCUT2D eigenvalue weighted by Crippen LogP contribution is -2.50. The number of carbonyl (C=O) groups excluding carboxylic acids is 4. The van der Waals surface area contributed by atoms with Crippen LogP contribution in [-0.2, 0) is 34.4 Å². The first-order valence-electron chi connectivity index (χ1n) is 27.2. The Morgan fingerprint density at radius 1 is 0.728 bits per heavy atom. The standard InChI is InChI=1S/C61H74N6O12S2/c1-9-10-11-12-13-14-15-16-17-23-36-77-52-34-28-42(2)37-50(52)62-56(69)49-39-54(47-26-21-22-27-48(47)55(49)68)79-53-35-31-44(64-81(75,76)46-32-29-43(30-33-46)63-80(8,73)74)38-51(53)65(7)59(72)67-57(70)61(6,41-78-58(71)60(3,4)5)40-66(67)45-24-19-18-20-25-45/h18-22,24-35,37-39,63-64,68H,9-17,23,36,40-41H2,1-8H3,(H,62,69). The van der Waals surface area contributed by atoms with Crippen LogP contribution in [-0.4, -0.2) is 83.8 Å². The number of anilines is 5. The molecule has 18 nitrogen and oxygen atoms in total. The number of phenolic OH excluding ortho intramolecular Hbond substituents is 1. The van der Waals surface area contributed by atoms with Crippen molar-refractivity contribution < 1.29 is 55.3 Å². The lowest BCUT2D eigenvalue weighted by atomic mass is 9.91. The molecule has 1 heterocycles. The Hall–Kier alpha value is -7.84. The van der Waals surface area contributed by atoms with E-state index in [0.29, 0.717) is 29.1 Å². The normalized spacial score (nSPS) is 14.6. The molecular formula is C61H74N6O12S2. The number of hydrogen-bond acceptors (Lipinski definition) is 13. The SMILES string of the molecule is CCCCCCCCCCCCOc1ccc(C)cc1NC(=O)c1cc(Oc2ccc(NS(=O)(=O)c3ccc(NS(C)(=O)=O)cc3)cc2N(C)C(=O)N2C(=O)C(C)(COC(=O)C(C)(C)C)CN2c2ccccc2)c2ccccc2c1O. The number of phenols is 1. The third kappa shape index (κ3) is 15.5. The van der Waals surface area contributed by atoms with Crippen LogP contribution in [0.25, 0.3) is 10.8 Å². The van der Waals surface area contributed by atoms with Crippen molar-refractivity contribution in [3.8, 4) is 23.0 Å². The van der Waals surface area contributed by atoms with Gasteiger partial charge in [-0.2, -0.15) is 5.01 Å². The fourth-order valence-electron chi connectivity index (χ4n) is 9.22. The van der Waals surface area contributed by atoms with Gasteiger partial charge in [-0.1, -0.05) is 113 Å². The number of rotatable bonds is 25. The number of amides is 4. The molecule has 0 saturated carbocycles. The predicted octanol–water partition coefficient (Wildman–Crippen LogP) is 12.8. The summed E-state index contributed by atoms with van der Waals surface area (Å²) in [6.07, 6.45) is 12.7. The number of aromatic hydroxyl groups is 1. The molecular weight excluding hydrogens is 1070 g/mol. The molecule has 4 N–H and O–H groups in total. The van der Waals surface area contributed by atoms with Crippen molar-refractivity contribution in [1.82, 2.24) is 5.01 Å². The number of fused-ring (bicyclic) bond motifs is 1. The number of para-hydroxylation sites is 1. The first-order chi connectivity index (χ1) is 38.4. The molecule has 81 heavy (non-hydrogen) atoms. The van der Waals surface area contributed by atoms with Crippen molar-refractivity contribution in [1.29, 1.82) is 0 Å². The zero-order chi connectivity index (χ0) is 58.7. The monoisotopic (exact) mass is 1150 g/mol. The van der Waals surface area contributed by atoms with Crippen LogP contribution in [0.4, 0.5) is 33.2 Å². The summed E-state index contributed by atoms with van der Waals surface area (Å²) in [6.45, 7) is 10.8. The molecule has 1 unspecified atom stereocenters. The van der Waals surface area contributed by atoms with Crippen LogP contribution in [0.1, 0.15) is 115 Å². The van der Waals surface area contributed by atoms with Crippen molar-refractivity contribution in [2.24, 2.45) is 10.8 Å². The molecule has 0 spiro atoms. The van der Waals surface area contributed by atoms with E-state index in [2.05, 4.69) is 21.7 Å². The maximum absolute atomic E-state index is 15.2. The second-order valence-electron chi connectivity index (χ2n) is 21.8. The molecule has 0 bridgehead atoms. The summed E-state index contributed by atoms with van der Waals surface area (Å²) >= 11 is 0. The Morgan fingerprint density at radius 3 is 1.98 bits per heavy atom. The molecule has 1 saturated heterocycles. The summed E-state index contributed by atoms with van der Waals surface area (Å²) in [4.78, 5) is 58.3. The number of aryl methyl sites for hydroxylation is 1. The average Bonchev–Trinajstić information content (AvgIpc) is 3.96. The highest BCUT2D eigenvalue weighted by atomic mass is 32.2. The molecule has 1 aliphatic rings. The smallest absolute Gasteiger partial charge is 0.350 e. The van der Waals surface area contributed by atoms with E-state index in [0.717, 1.165) is 41.0 Å². The third-order valence-corrected chi connectivity index (χ3v) is 15.7. The number of benzene rings is 6. The Labute approximate surface area is 475 Å². The molecule has 7 rings (SSSR count). The molecule has 4 amide bonds. The van der Waals surface area contributed by atoms with Gasteiger partial charge in [-0.05, 0) is 119 Å². The quantitative estimate of drug-likeness (QED) is 0.0309. The largest absolute Gasteiger partial charge is 0.506 e. The van der Waals surface area contributed by atoms with E-state index in [1.54, 1.807) is 94.4 Å². The highest BCUT2D eigenvalue weighted by Crippen LogP contribution is 2.44. The van der Waals surface area contributed by atoms with Crippen molar-refractivity contribution in [2.75, 3.05) is 57.7 Å². The topological polar surface area (TPSA) is 230 Å². The van der Waals surface area contributed by atoms with Gasteiger partial charge in [0.15, 0.2) is 5.75 Å². The Bertz CT molecular complexity index is 3460. The number of carbonyl (C=O) groups is 4. The number of esters is 1. The summed E-state index contributed by atoms with van der Waals surface area (Å²) < 4.78 is 75.0. The molecule has 1 aliphatic heterocycles. The van der Waals surface area contributed by atoms with Crippen LogP contribution >= 0.6 is 0 Å². The van der Waals surface area contributed by atoms with Gasteiger partial charge < -0.3 is 24.6 Å². The van der Waals surface area contributed by atoms with E-state index in [1.165, 1.54) is 106 Å². The fraction of sp³-hybridized carbons (Fsp3) is 0.377. The van der Waals surface area contributed by atoms with E-state index in [4.69, 9.17) is 14.2 Å². The number of ether oxygens (including phenoxy) is 3. The number of hydrogen-bond donors (Lipinski definition) is 4. The van der Waals surface area contributed by atoms with Gasteiger partial charge in [-0.25, -0.2) is 21.6 Å². The number of imide groups is 1. The number of unbranched alkanes of at least 4 members (excludes halogenated alkanes) is 9. The van der Waals surface area contributed by atoms with E-state index in [9.17, 15) is 36.3 Å². The van der Waals surface area contributed by atoms with Gasteiger partial charge in [0.2, 0.25) is 10.0 Å². The maximum atomic E-state index is 15.2. The van der Waals surface area contributed by atoms with Gasteiger partial charge in [0.1, 0.15) is 29.3 Å². The zero-order valence-corrected chi connectivity index (χ0v) is 49.0. The van der Waals surface area contributed by atoms with Crippen molar-refractivity contribution in [3.05, 3.63) is 132 Å². The Morgan fingerprint density at radius 2 is 1.33 bits per heavy atom. The molecule has 6 aromatic rings. The van der Waals surface area contributed by atoms with Crippen LogP contribution < -0.4 is 34.1 Å². The van der Waals surface area contributed by atoms with Gasteiger partial charge in [0.25, 0.3) is 21.8 Å². The van der Waals surface area contributed by atoms with Crippen molar-refractivity contribution >= 4 is 83.1 Å². The van der Waals surface area contributed by atoms with Crippen molar-refractivity contribution in [3.63, 3.8) is 0 Å². The van der Waals surface area contributed by atoms with Gasteiger partial charge in [0, 0.05) is 23.5 Å². The predicted molar refractivity (Wildman–Crippen MR) is 317 cm³/mol. The van der Waals surface area contributed by atoms with Crippen LogP contribution in [0, 0.1) is 17.8 Å². The van der Waals surface area contributed by atoms with Crippen LogP contribution in [0.2, 0.25) is 0 Å². The second-order valence-corrected chi connectivity index (χ2v) is 25.3. The number of sulfonamides is 2. The van der Waals surface area contributed by atoms with Crippen LogP contribution in [0.3, 0.4) is 0 Å². The summed E-state index contributed by atoms with van der Waals surface area (Å²) in [5, 5.41) is 17.8. The van der Waals surface area contributed by atoms with Gasteiger partial charge >= 0.3 is 12.0 Å². The van der Waals surface area contributed by atoms with E-state index in [-0.39, 0.29) is 63.3 Å². The molecule has 6 aromatic carbocycles. The Balaban J connectivity index is 1.22. The molecule has 0 radical (unpaired) electrons. The van der Waals surface area contributed by atoms with E-state index >= 15 is 4.79 Å². The van der Waals surface area contributed by atoms with E-state index < -0.39 is 54.7 Å². The van der Waals surface area contributed by atoms with Crippen molar-refractivity contribution in [2.45, 2.75) is 111 Å². The highest BCUT2D eigenvalue weighted by molar-refractivity contribution is 7.92. The Kier molecular flexibility index (Phi) is 19.6. The summed E-state index contributed by atoms with van der Waals surface area (Å²) in [7, 11) is -6.67. The molecule has 0 aromatic heterocycles.